The molecule has 2 aromatic heterocycles. The van der Waals surface area contributed by atoms with Gasteiger partial charge in [-0.1, -0.05) is 19.4 Å². The number of rotatable bonds is 6. The standard InChI is InChI=1S/C14H20N4S/c1-3-5-12-13(15)16-10-17-14(12)18(2)8-7-11-6-4-9-19-11/h4,6,9-10H,3,5,7-8H2,1-2H3,(H2,15,16,17). The molecule has 0 aliphatic carbocycles. The second-order valence-corrected chi connectivity index (χ2v) is 5.59. The molecule has 0 aliphatic heterocycles. The lowest BCUT2D eigenvalue weighted by Crippen LogP contribution is -2.23. The fourth-order valence-electron chi connectivity index (χ4n) is 2.07. The molecule has 0 bridgehead atoms. The Balaban J connectivity index is 2.09. The molecule has 0 amide bonds. The monoisotopic (exact) mass is 276 g/mol. The molecule has 0 radical (unpaired) electrons. The number of nitrogens with zero attached hydrogens (tertiary/aromatic N) is 3. The van der Waals surface area contributed by atoms with Crippen molar-refractivity contribution in [1.29, 1.82) is 0 Å². The van der Waals surface area contributed by atoms with E-state index in [1.807, 2.05) is 0 Å². The number of thiophene rings is 1. The molecule has 0 fully saturated rings. The Hall–Kier alpha value is -1.62. The van der Waals surface area contributed by atoms with Gasteiger partial charge in [-0.3, -0.25) is 0 Å². The van der Waals surface area contributed by atoms with Crippen LogP contribution in [0.2, 0.25) is 0 Å². The predicted octanol–water partition coefficient (Wildman–Crippen LogP) is 2.75. The van der Waals surface area contributed by atoms with E-state index in [9.17, 15) is 0 Å². The summed E-state index contributed by atoms with van der Waals surface area (Å²) in [6, 6.07) is 4.25. The predicted molar refractivity (Wildman–Crippen MR) is 81.7 cm³/mol. The van der Waals surface area contributed by atoms with Gasteiger partial charge in [0, 0.05) is 24.0 Å². The molecule has 2 rings (SSSR count). The van der Waals surface area contributed by atoms with Gasteiger partial charge in [-0.25, -0.2) is 9.97 Å². The topological polar surface area (TPSA) is 55.0 Å². The minimum atomic E-state index is 0.606. The molecule has 0 unspecified atom stereocenters. The summed E-state index contributed by atoms with van der Waals surface area (Å²) in [6.07, 6.45) is 4.55. The van der Waals surface area contributed by atoms with Gasteiger partial charge in [-0.15, -0.1) is 11.3 Å². The summed E-state index contributed by atoms with van der Waals surface area (Å²) in [4.78, 5) is 12.1. The first-order chi connectivity index (χ1) is 9.22. The van der Waals surface area contributed by atoms with Gasteiger partial charge < -0.3 is 10.6 Å². The summed E-state index contributed by atoms with van der Waals surface area (Å²) in [7, 11) is 2.06. The van der Waals surface area contributed by atoms with Gasteiger partial charge in [0.15, 0.2) is 0 Å². The lowest BCUT2D eigenvalue weighted by atomic mass is 10.1. The molecular formula is C14H20N4S. The molecule has 0 spiro atoms. The molecule has 102 valence electrons. The van der Waals surface area contributed by atoms with E-state index < -0.39 is 0 Å². The molecule has 2 aromatic rings. The lowest BCUT2D eigenvalue weighted by Gasteiger charge is -2.21. The molecular weight excluding hydrogens is 256 g/mol. The van der Waals surface area contributed by atoms with Crippen LogP contribution in [0, 0.1) is 0 Å². The van der Waals surface area contributed by atoms with E-state index in [4.69, 9.17) is 5.73 Å². The third-order valence-electron chi connectivity index (χ3n) is 3.09. The maximum atomic E-state index is 5.96. The maximum Gasteiger partial charge on any atom is 0.137 e. The first kappa shape index (κ1) is 13.8. The van der Waals surface area contributed by atoms with Crippen LogP contribution in [-0.4, -0.2) is 23.6 Å². The van der Waals surface area contributed by atoms with Gasteiger partial charge in [0.2, 0.25) is 0 Å². The Bertz CT molecular complexity index is 510. The summed E-state index contributed by atoms with van der Waals surface area (Å²) in [5.74, 6) is 1.57. The normalized spacial score (nSPS) is 10.6. The van der Waals surface area contributed by atoms with Crippen molar-refractivity contribution in [3.05, 3.63) is 34.3 Å². The van der Waals surface area contributed by atoms with Crippen molar-refractivity contribution in [2.45, 2.75) is 26.2 Å². The van der Waals surface area contributed by atoms with Gasteiger partial charge in [-0.05, 0) is 24.3 Å². The highest BCUT2D eigenvalue weighted by Crippen LogP contribution is 2.22. The number of aromatic nitrogens is 2. The molecule has 19 heavy (non-hydrogen) atoms. The average molecular weight is 276 g/mol. The second kappa shape index (κ2) is 6.52. The SMILES string of the molecule is CCCc1c(N)ncnc1N(C)CCc1cccs1. The van der Waals surface area contributed by atoms with Crippen LogP contribution in [0.25, 0.3) is 0 Å². The summed E-state index contributed by atoms with van der Waals surface area (Å²) < 4.78 is 0. The maximum absolute atomic E-state index is 5.96. The Labute approximate surface area is 118 Å². The second-order valence-electron chi connectivity index (χ2n) is 4.56. The Morgan fingerprint density at radius 3 is 2.84 bits per heavy atom. The van der Waals surface area contributed by atoms with Crippen molar-refractivity contribution in [3.63, 3.8) is 0 Å². The lowest BCUT2D eigenvalue weighted by molar-refractivity contribution is 0.833. The van der Waals surface area contributed by atoms with Crippen LogP contribution < -0.4 is 10.6 Å². The van der Waals surface area contributed by atoms with E-state index in [0.29, 0.717) is 5.82 Å². The average Bonchev–Trinajstić information content (AvgIpc) is 2.92. The minimum absolute atomic E-state index is 0.606. The smallest absolute Gasteiger partial charge is 0.137 e. The molecule has 0 aromatic carbocycles. The number of nitrogens with two attached hydrogens (primary N) is 1. The van der Waals surface area contributed by atoms with Crippen molar-refractivity contribution in [3.8, 4) is 0 Å². The quantitative estimate of drug-likeness (QED) is 0.881. The molecule has 2 N–H and O–H groups in total. The minimum Gasteiger partial charge on any atom is -0.383 e. The first-order valence-electron chi connectivity index (χ1n) is 6.55. The Morgan fingerprint density at radius 2 is 2.16 bits per heavy atom. The van der Waals surface area contributed by atoms with Crippen LogP contribution in [0.15, 0.2) is 23.8 Å². The van der Waals surface area contributed by atoms with E-state index in [2.05, 4.69) is 46.4 Å². The largest absolute Gasteiger partial charge is 0.383 e. The van der Waals surface area contributed by atoms with E-state index in [1.165, 1.54) is 4.88 Å². The van der Waals surface area contributed by atoms with Crippen molar-refractivity contribution in [2.24, 2.45) is 0 Å². The zero-order chi connectivity index (χ0) is 13.7. The van der Waals surface area contributed by atoms with E-state index in [1.54, 1.807) is 17.7 Å². The number of likely N-dealkylation sites (N-methyl/N-ethyl adjacent to an activating group) is 1. The highest BCUT2D eigenvalue weighted by molar-refractivity contribution is 7.09. The van der Waals surface area contributed by atoms with Crippen LogP contribution in [0.4, 0.5) is 11.6 Å². The molecule has 0 aliphatic rings. The Morgan fingerprint density at radius 1 is 1.32 bits per heavy atom. The number of hydrogen-bond acceptors (Lipinski definition) is 5. The fourth-order valence-corrected chi connectivity index (χ4v) is 2.77. The van der Waals surface area contributed by atoms with E-state index >= 15 is 0 Å². The molecule has 0 saturated carbocycles. The molecule has 2 heterocycles. The summed E-state index contributed by atoms with van der Waals surface area (Å²) in [5, 5.41) is 2.11. The summed E-state index contributed by atoms with van der Waals surface area (Å²) in [6.45, 7) is 3.08. The van der Waals surface area contributed by atoms with Gasteiger partial charge in [0.25, 0.3) is 0 Å². The van der Waals surface area contributed by atoms with Crippen LogP contribution in [0.3, 0.4) is 0 Å². The zero-order valence-electron chi connectivity index (χ0n) is 11.5. The molecule has 5 heteroatoms. The number of anilines is 2. The van der Waals surface area contributed by atoms with E-state index in [-0.39, 0.29) is 0 Å². The fraction of sp³-hybridized carbons (Fsp3) is 0.429. The summed E-state index contributed by atoms with van der Waals surface area (Å²) >= 11 is 1.79. The van der Waals surface area contributed by atoms with Crippen molar-refractivity contribution >= 4 is 23.0 Å². The van der Waals surface area contributed by atoms with Crippen LogP contribution in [0.1, 0.15) is 23.8 Å². The van der Waals surface area contributed by atoms with Crippen molar-refractivity contribution in [2.75, 3.05) is 24.2 Å². The molecule has 4 nitrogen and oxygen atoms in total. The van der Waals surface area contributed by atoms with Crippen LogP contribution >= 0.6 is 11.3 Å². The third-order valence-corrected chi connectivity index (χ3v) is 4.03. The van der Waals surface area contributed by atoms with E-state index in [0.717, 1.165) is 37.2 Å². The van der Waals surface area contributed by atoms with Gasteiger partial charge in [0.05, 0.1) is 0 Å². The molecule has 0 saturated heterocycles. The highest BCUT2D eigenvalue weighted by atomic mass is 32.1. The highest BCUT2D eigenvalue weighted by Gasteiger charge is 2.12. The third kappa shape index (κ3) is 3.44. The van der Waals surface area contributed by atoms with Gasteiger partial charge in [0.1, 0.15) is 18.0 Å². The number of nitrogen functional groups attached to an aromatic ring is 1. The van der Waals surface area contributed by atoms with Gasteiger partial charge >= 0.3 is 0 Å². The van der Waals surface area contributed by atoms with Crippen molar-refractivity contribution in [1.82, 2.24) is 9.97 Å². The number of hydrogen-bond donors (Lipinski definition) is 1. The first-order valence-corrected chi connectivity index (χ1v) is 7.43. The molecule has 0 atom stereocenters. The van der Waals surface area contributed by atoms with Crippen LogP contribution in [0.5, 0.6) is 0 Å². The van der Waals surface area contributed by atoms with Gasteiger partial charge in [-0.2, -0.15) is 0 Å². The zero-order valence-corrected chi connectivity index (χ0v) is 12.3. The van der Waals surface area contributed by atoms with Crippen LogP contribution in [-0.2, 0) is 12.8 Å². The Kier molecular flexibility index (Phi) is 4.74. The van der Waals surface area contributed by atoms with Crippen molar-refractivity contribution < 1.29 is 0 Å². The summed E-state index contributed by atoms with van der Waals surface area (Å²) in [5.41, 5.74) is 7.03.